The van der Waals surface area contributed by atoms with E-state index < -0.39 is 54.9 Å². The number of carbonyl (C=O) groups excluding carboxylic acids is 1. The number of imidazole rings is 1. The molecule has 4 atom stereocenters. The van der Waals surface area contributed by atoms with E-state index in [9.17, 15) is 29.7 Å². The van der Waals surface area contributed by atoms with Crippen LogP contribution >= 0.6 is 0 Å². The molecule has 26 heavy (non-hydrogen) atoms. The quantitative estimate of drug-likeness (QED) is 0.333. The van der Waals surface area contributed by atoms with Crippen LogP contribution in [0.3, 0.4) is 0 Å². The molecule has 3 heterocycles. The van der Waals surface area contributed by atoms with Crippen molar-refractivity contribution >= 4 is 23.1 Å². The summed E-state index contributed by atoms with van der Waals surface area (Å²) >= 11 is 0. The SMILES string of the molecule is COC(=O)Cn1c(=O)n(C2OC(CO)C(O)C2O)c2nc(N)[nH]c(=O)c21. The van der Waals surface area contributed by atoms with E-state index >= 15 is 0 Å². The molecular weight excluding hydrogens is 354 g/mol. The second-order valence-corrected chi connectivity index (χ2v) is 5.67. The molecule has 6 N–H and O–H groups in total. The molecule has 0 amide bonds. The molecular formula is C13H17N5O8. The number of aliphatic hydroxyl groups excluding tert-OH is 3. The molecule has 3 rings (SSSR count). The molecule has 4 unspecified atom stereocenters. The van der Waals surface area contributed by atoms with Crippen molar-refractivity contribution in [2.75, 3.05) is 19.5 Å². The number of nitrogen functional groups attached to an aromatic ring is 1. The van der Waals surface area contributed by atoms with Gasteiger partial charge in [0.05, 0.1) is 13.7 Å². The molecule has 0 aliphatic carbocycles. The summed E-state index contributed by atoms with van der Waals surface area (Å²) in [5.41, 5.74) is 3.27. The average Bonchev–Trinajstić information content (AvgIpc) is 3.02. The van der Waals surface area contributed by atoms with Crippen LogP contribution in [0.5, 0.6) is 0 Å². The predicted octanol–water partition coefficient (Wildman–Crippen LogP) is -3.75. The molecule has 0 radical (unpaired) electrons. The number of H-pyrrole nitrogens is 1. The van der Waals surface area contributed by atoms with Crippen molar-refractivity contribution in [3.05, 3.63) is 20.8 Å². The van der Waals surface area contributed by atoms with Crippen LogP contribution in [0.15, 0.2) is 9.59 Å². The number of ether oxygens (including phenoxy) is 2. The Bertz CT molecular complexity index is 962. The zero-order valence-electron chi connectivity index (χ0n) is 13.5. The van der Waals surface area contributed by atoms with Gasteiger partial charge in [-0.3, -0.25) is 19.1 Å². The Balaban J connectivity index is 2.26. The van der Waals surface area contributed by atoms with Crippen LogP contribution in [-0.2, 0) is 20.8 Å². The minimum Gasteiger partial charge on any atom is -0.468 e. The number of aromatic amines is 1. The van der Waals surface area contributed by atoms with E-state index in [0.29, 0.717) is 0 Å². The van der Waals surface area contributed by atoms with Gasteiger partial charge in [-0.05, 0) is 0 Å². The molecule has 2 aromatic heterocycles. The average molecular weight is 371 g/mol. The summed E-state index contributed by atoms with van der Waals surface area (Å²) in [5.74, 6) is -1.11. The summed E-state index contributed by atoms with van der Waals surface area (Å²) < 4.78 is 11.4. The molecule has 142 valence electrons. The van der Waals surface area contributed by atoms with Crippen LogP contribution in [-0.4, -0.2) is 72.4 Å². The second kappa shape index (κ2) is 6.53. The molecule has 0 saturated carbocycles. The van der Waals surface area contributed by atoms with Gasteiger partial charge in [-0.2, -0.15) is 4.98 Å². The van der Waals surface area contributed by atoms with Gasteiger partial charge >= 0.3 is 11.7 Å². The van der Waals surface area contributed by atoms with E-state index in [1.165, 1.54) is 0 Å². The highest BCUT2D eigenvalue weighted by molar-refractivity contribution is 5.76. The molecule has 2 aromatic rings. The fraction of sp³-hybridized carbons (Fsp3) is 0.538. The largest absolute Gasteiger partial charge is 0.468 e. The molecule has 0 bridgehead atoms. The Morgan fingerprint density at radius 2 is 2.08 bits per heavy atom. The first-order valence-corrected chi connectivity index (χ1v) is 7.50. The topological polar surface area (TPSA) is 195 Å². The highest BCUT2D eigenvalue weighted by atomic mass is 16.6. The smallest absolute Gasteiger partial charge is 0.333 e. The molecule has 0 spiro atoms. The van der Waals surface area contributed by atoms with Crippen molar-refractivity contribution in [2.24, 2.45) is 0 Å². The minimum atomic E-state index is -1.59. The number of hydrogen-bond acceptors (Lipinski definition) is 10. The van der Waals surface area contributed by atoms with Crippen LogP contribution in [0, 0.1) is 0 Å². The lowest BCUT2D eigenvalue weighted by Crippen LogP contribution is -2.36. The molecule has 1 fully saturated rings. The van der Waals surface area contributed by atoms with Gasteiger partial charge in [0.15, 0.2) is 17.4 Å². The van der Waals surface area contributed by atoms with Gasteiger partial charge in [0, 0.05) is 0 Å². The maximum Gasteiger partial charge on any atom is 0.333 e. The lowest BCUT2D eigenvalue weighted by atomic mass is 10.1. The third-order valence-corrected chi connectivity index (χ3v) is 4.12. The van der Waals surface area contributed by atoms with Crippen molar-refractivity contribution in [1.82, 2.24) is 19.1 Å². The van der Waals surface area contributed by atoms with Crippen LogP contribution < -0.4 is 17.0 Å². The van der Waals surface area contributed by atoms with E-state index in [2.05, 4.69) is 14.7 Å². The summed E-state index contributed by atoms with van der Waals surface area (Å²) in [4.78, 5) is 42.7. The number of carbonyl (C=O) groups is 1. The lowest BCUT2D eigenvalue weighted by molar-refractivity contribution is -0.141. The molecule has 1 saturated heterocycles. The second-order valence-electron chi connectivity index (χ2n) is 5.67. The number of aliphatic hydroxyl groups is 3. The summed E-state index contributed by atoms with van der Waals surface area (Å²) in [6.45, 7) is -1.21. The van der Waals surface area contributed by atoms with E-state index in [1.54, 1.807) is 0 Å². The molecule has 0 aromatic carbocycles. The maximum atomic E-state index is 12.8. The molecule has 1 aliphatic rings. The third-order valence-electron chi connectivity index (χ3n) is 4.12. The lowest BCUT2D eigenvalue weighted by Gasteiger charge is -2.15. The van der Waals surface area contributed by atoms with Crippen molar-refractivity contribution in [3.63, 3.8) is 0 Å². The number of nitrogens with one attached hydrogen (secondary N) is 1. The minimum absolute atomic E-state index is 0.255. The van der Waals surface area contributed by atoms with Gasteiger partial charge in [-0.15, -0.1) is 0 Å². The Kier molecular flexibility index (Phi) is 4.53. The first kappa shape index (κ1) is 18.1. The molecule has 13 heteroatoms. The number of esters is 1. The summed E-state index contributed by atoms with van der Waals surface area (Å²) in [6, 6.07) is 0. The fourth-order valence-corrected chi connectivity index (χ4v) is 2.86. The summed E-state index contributed by atoms with van der Waals surface area (Å²) in [7, 11) is 1.11. The van der Waals surface area contributed by atoms with Crippen molar-refractivity contribution in [3.8, 4) is 0 Å². The number of nitrogens with zero attached hydrogens (tertiary/aromatic N) is 3. The van der Waals surface area contributed by atoms with Crippen molar-refractivity contribution < 1.29 is 29.6 Å². The maximum absolute atomic E-state index is 12.8. The zero-order chi connectivity index (χ0) is 19.2. The van der Waals surface area contributed by atoms with Crippen LogP contribution in [0.1, 0.15) is 6.23 Å². The van der Waals surface area contributed by atoms with Gasteiger partial charge in [-0.25, -0.2) is 9.36 Å². The molecule has 13 nitrogen and oxygen atoms in total. The summed E-state index contributed by atoms with van der Waals surface area (Å²) in [5, 5.41) is 29.3. The van der Waals surface area contributed by atoms with E-state index in [-0.39, 0.29) is 17.1 Å². The number of nitrogens with two attached hydrogens (primary N) is 1. The monoisotopic (exact) mass is 371 g/mol. The molecule has 1 aliphatic heterocycles. The van der Waals surface area contributed by atoms with Crippen molar-refractivity contribution in [1.29, 1.82) is 0 Å². The van der Waals surface area contributed by atoms with E-state index in [1.807, 2.05) is 0 Å². The number of anilines is 1. The number of rotatable bonds is 4. The van der Waals surface area contributed by atoms with Crippen LogP contribution in [0.4, 0.5) is 5.95 Å². The normalized spacial score (nSPS) is 25.7. The van der Waals surface area contributed by atoms with Crippen molar-refractivity contribution in [2.45, 2.75) is 31.1 Å². The Labute approximate surface area is 144 Å². The Morgan fingerprint density at radius 1 is 1.38 bits per heavy atom. The first-order valence-electron chi connectivity index (χ1n) is 7.50. The van der Waals surface area contributed by atoms with Gasteiger partial charge in [0.2, 0.25) is 5.95 Å². The standard InChI is InChI=1S/C13H17N5O8/c1-25-5(20)2-17-6-9(15-12(14)16-10(6)23)18(13(17)24)11-8(22)7(21)4(3-19)26-11/h4,7-8,11,19,21-22H,2-3H2,1H3,(H3,14,15,16,23). The summed E-state index contributed by atoms with van der Waals surface area (Å²) in [6.07, 6.45) is -5.68. The first-order chi connectivity index (χ1) is 12.3. The number of fused-ring (bicyclic) bond motifs is 1. The number of hydrogen-bond donors (Lipinski definition) is 5. The van der Waals surface area contributed by atoms with E-state index in [4.69, 9.17) is 10.5 Å². The third kappa shape index (κ3) is 2.66. The van der Waals surface area contributed by atoms with Gasteiger partial charge in [0.1, 0.15) is 24.9 Å². The number of methoxy groups -OCH3 is 1. The highest BCUT2D eigenvalue weighted by Gasteiger charge is 2.45. The Hall–Kier alpha value is -2.74. The van der Waals surface area contributed by atoms with Gasteiger partial charge < -0.3 is 30.5 Å². The Morgan fingerprint density at radius 3 is 2.65 bits per heavy atom. The number of aromatic nitrogens is 4. The van der Waals surface area contributed by atoms with Crippen LogP contribution in [0.2, 0.25) is 0 Å². The zero-order valence-corrected chi connectivity index (χ0v) is 13.5. The fourth-order valence-electron chi connectivity index (χ4n) is 2.86. The highest BCUT2D eigenvalue weighted by Crippen LogP contribution is 2.30. The predicted molar refractivity (Wildman–Crippen MR) is 84.1 cm³/mol. The van der Waals surface area contributed by atoms with Crippen LogP contribution in [0.25, 0.3) is 11.2 Å². The van der Waals surface area contributed by atoms with E-state index in [0.717, 1.165) is 16.2 Å². The van der Waals surface area contributed by atoms with Gasteiger partial charge in [-0.1, -0.05) is 0 Å². The van der Waals surface area contributed by atoms with Gasteiger partial charge in [0.25, 0.3) is 5.56 Å².